The van der Waals surface area contributed by atoms with Crippen LogP contribution in [0.3, 0.4) is 0 Å². The maximum absolute atomic E-state index is 11.7. The number of rotatable bonds is 3. The summed E-state index contributed by atoms with van der Waals surface area (Å²) in [5.74, 6) is 2.11. The molecule has 0 aromatic heterocycles. The zero-order valence-corrected chi connectivity index (χ0v) is 10.5. The lowest BCUT2D eigenvalue weighted by Crippen LogP contribution is -2.48. The lowest BCUT2D eigenvalue weighted by molar-refractivity contribution is 0.195. The molecule has 3 atom stereocenters. The number of urea groups is 1. The van der Waals surface area contributed by atoms with Crippen LogP contribution in [0.15, 0.2) is 0 Å². The minimum absolute atomic E-state index is 0.0397. The molecule has 2 rings (SSSR count). The zero-order chi connectivity index (χ0) is 11.5. The standard InChI is InChI=1S/C13H24N2O/c1-9-4-3-5-12(10(9)2)15-13(16)14-8-11-6-7-11/h9-12H,3-8H2,1-2H3,(H2,14,15,16)/t9-,10-,12-/m1/s1. The predicted molar refractivity (Wildman–Crippen MR) is 65.2 cm³/mol. The third-order valence-electron chi connectivity index (χ3n) is 4.27. The van der Waals surface area contributed by atoms with Crippen LogP contribution in [0.4, 0.5) is 4.79 Å². The molecule has 0 saturated heterocycles. The van der Waals surface area contributed by atoms with Crippen LogP contribution in [0.2, 0.25) is 0 Å². The average Bonchev–Trinajstić information content (AvgIpc) is 3.06. The molecule has 2 N–H and O–H groups in total. The van der Waals surface area contributed by atoms with E-state index in [1.165, 1.54) is 25.7 Å². The fourth-order valence-corrected chi connectivity index (χ4v) is 2.56. The predicted octanol–water partition coefficient (Wildman–Crippen LogP) is 2.52. The Morgan fingerprint density at radius 1 is 1.19 bits per heavy atom. The van der Waals surface area contributed by atoms with E-state index < -0.39 is 0 Å². The van der Waals surface area contributed by atoms with E-state index in [1.807, 2.05) is 0 Å². The molecule has 0 unspecified atom stereocenters. The molecule has 2 fully saturated rings. The van der Waals surface area contributed by atoms with E-state index in [9.17, 15) is 4.79 Å². The van der Waals surface area contributed by atoms with Crippen LogP contribution in [0.25, 0.3) is 0 Å². The summed E-state index contributed by atoms with van der Waals surface area (Å²) < 4.78 is 0. The molecular formula is C13H24N2O. The molecule has 2 aliphatic carbocycles. The van der Waals surface area contributed by atoms with Gasteiger partial charge in [-0.25, -0.2) is 4.79 Å². The van der Waals surface area contributed by atoms with Gasteiger partial charge in [0.2, 0.25) is 0 Å². The van der Waals surface area contributed by atoms with E-state index in [2.05, 4.69) is 24.5 Å². The Morgan fingerprint density at radius 3 is 2.62 bits per heavy atom. The van der Waals surface area contributed by atoms with Crippen molar-refractivity contribution in [1.29, 1.82) is 0 Å². The monoisotopic (exact) mass is 224 g/mol. The minimum Gasteiger partial charge on any atom is -0.338 e. The highest BCUT2D eigenvalue weighted by Crippen LogP contribution is 2.29. The topological polar surface area (TPSA) is 41.1 Å². The zero-order valence-electron chi connectivity index (χ0n) is 10.5. The molecule has 0 aromatic rings. The molecule has 0 aromatic carbocycles. The van der Waals surface area contributed by atoms with Crippen molar-refractivity contribution in [2.24, 2.45) is 17.8 Å². The molecule has 2 aliphatic rings. The number of carbonyl (C=O) groups excluding carboxylic acids is 1. The quantitative estimate of drug-likeness (QED) is 0.760. The Kier molecular flexibility index (Phi) is 3.72. The summed E-state index contributed by atoms with van der Waals surface area (Å²) in [6.45, 7) is 5.42. The maximum Gasteiger partial charge on any atom is 0.315 e. The van der Waals surface area contributed by atoms with Gasteiger partial charge in [-0.1, -0.05) is 26.7 Å². The van der Waals surface area contributed by atoms with Crippen molar-refractivity contribution in [3.05, 3.63) is 0 Å². The Morgan fingerprint density at radius 2 is 1.94 bits per heavy atom. The van der Waals surface area contributed by atoms with Gasteiger partial charge in [0.15, 0.2) is 0 Å². The lowest BCUT2D eigenvalue weighted by atomic mass is 9.78. The van der Waals surface area contributed by atoms with Crippen LogP contribution in [-0.2, 0) is 0 Å². The van der Waals surface area contributed by atoms with Crippen LogP contribution < -0.4 is 10.6 Å². The Labute approximate surface area is 98.4 Å². The third-order valence-corrected chi connectivity index (χ3v) is 4.27. The highest BCUT2D eigenvalue weighted by Gasteiger charge is 2.28. The number of amides is 2. The molecule has 3 heteroatoms. The maximum atomic E-state index is 11.7. The highest BCUT2D eigenvalue weighted by atomic mass is 16.2. The summed E-state index contributed by atoms with van der Waals surface area (Å²) in [6, 6.07) is 0.417. The molecule has 0 spiro atoms. The van der Waals surface area contributed by atoms with Crippen molar-refractivity contribution < 1.29 is 4.79 Å². The Bertz CT molecular complexity index is 250. The van der Waals surface area contributed by atoms with Crippen molar-refractivity contribution in [1.82, 2.24) is 10.6 Å². The first-order valence-electron chi connectivity index (χ1n) is 6.71. The van der Waals surface area contributed by atoms with Gasteiger partial charge in [0.25, 0.3) is 0 Å². The van der Waals surface area contributed by atoms with Crippen molar-refractivity contribution >= 4 is 6.03 Å². The molecule has 0 aliphatic heterocycles. The van der Waals surface area contributed by atoms with Gasteiger partial charge in [-0.3, -0.25) is 0 Å². The molecule has 0 heterocycles. The second-order valence-electron chi connectivity index (χ2n) is 5.67. The first-order chi connectivity index (χ1) is 7.66. The van der Waals surface area contributed by atoms with E-state index in [4.69, 9.17) is 0 Å². The summed E-state index contributed by atoms with van der Waals surface area (Å²) in [7, 11) is 0. The first-order valence-corrected chi connectivity index (χ1v) is 6.71. The van der Waals surface area contributed by atoms with Gasteiger partial charge in [-0.05, 0) is 37.0 Å². The summed E-state index contributed by atoms with van der Waals surface area (Å²) >= 11 is 0. The largest absolute Gasteiger partial charge is 0.338 e. The van der Waals surface area contributed by atoms with Gasteiger partial charge in [0.05, 0.1) is 0 Å². The molecule has 92 valence electrons. The van der Waals surface area contributed by atoms with E-state index in [-0.39, 0.29) is 6.03 Å². The highest BCUT2D eigenvalue weighted by molar-refractivity contribution is 5.74. The van der Waals surface area contributed by atoms with Crippen molar-refractivity contribution in [3.8, 4) is 0 Å². The van der Waals surface area contributed by atoms with Gasteiger partial charge >= 0.3 is 6.03 Å². The number of carbonyl (C=O) groups is 1. The summed E-state index contributed by atoms with van der Waals surface area (Å²) in [5.41, 5.74) is 0. The summed E-state index contributed by atoms with van der Waals surface area (Å²) in [5, 5.41) is 6.11. The van der Waals surface area contributed by atoms with Crippen molar-refractivity contribution in [3.63, 3.8) is 0 Å². The second kappa shape index (κ2) is 5.07. The van der Waals surface area contributed by atoms with E-state index >= 15 is 0 Å². The van der Waals surface area contributed by atoms with E-state index in [1.54, 1.807) is 0 Å². The van der Waals surface area contributed by atoms with Gasteiger partial charge < -0.3 is 10.6 Å². The van der Waals surface area contributed by atoms with Gasteiger partial charge in [0, 0.05) is 12.6 Å². The normalized spacial score (nSPS) is 34.5. The first kappa shape index (κ1) is 11.7. The molecule has 0 bridgehead atoms. The molecule has 3 nitrogen and oxygen atoms in total. The van der Waals surface area contributed by atoms with Gasteiger partial charge in [0.1, 0.15) is 0 Å². The number of nitrogens with one attached hydrogen (secondary N) is 2. The van der Waals surface area contributed by atoms with Crippen LogP contribution in [0, 0.1) is 17.8 Å². The van der Waals surface area contributed by atoms with Crippen molar-refractivity contribution in [2.75, 3.05) is 6.54 Å². The summed E-state index contributed by atoms with van der Waals surface area (Å²) in [6.07, 6.45) is 6.28. The SMILES string of the molecule is C[C@@H]1[C@H](C)CCC[C@H]1NC(=O)NCC1CC1. The van der Waals surface area contributed by atoms with E-state index in [0.717, 1.165) is 24.8 Å². The minimum atomic E-state index is 0.0397. The average molecular weight is 224 g/mol. The fraction of sp³-hybridized carbons (Fsp3) is 0.923. The lowest BCUT2D eigenvalue weighted by Gasteiger charge is -2.34. The van der Waals surface area contributed by atoms with Gasteiger partial charge in [-0.15, -0.1) is 0 Å². The molecule has 2 saturated carbocycles. The Hall–Kier alpha value is -0.730. The number of hydrogen-bond donors (Lipinski definition) is 2. The molecule has 16 heavy (non-hydrogen) atoms. The van der Waals surface area contributed by atoms with Crippen molar-refractivity contribution in [2.45, 2.75) is 52.0 Å². The van der Waals surface area contributed by atoms with Gasteiger partial charge in [-0.2, -0.15) is 0 Å². The molecule has 0 radical (unpaired) electrons. The fourth-order valence-electron chi connectivity index (χ4n) is 2.56. The van der Waals surface area contributed by atoms with Crippen LogP contribution in [0.5, 0.6) is 0 Å². The van der Waals surface area contributed by atoms with Crippen LogP contribution in [0.1, 0.15) is 46.0 Å². The molecule has 2 amide bonds. The van der Waals surface area contributed by atoms with E-state index in [0.29, 0.717) is 12.0 Å². The second-order valence-corrected chi connectivity index (χ2v) is 5.67. The Balaban J connectivity index is 1.71. The number of hydrogen-bond acceptors (Lipinski definition) is 1. The third kappa shape index (κ3) is 3.13. The molecular weight excluding hydrogens is 200 g/mol. The van der Waals surface area contributed by atoms with Crippen LogP contribution >= 0.6 is 0 Å². The summed E-state index contributed by atoms with van der Waals surface area (Å²) in [4.78, 5) is 11.7. The smallest absolute Gasteiger partial charge is 0.315 e. The van der Waals surface area contributed by atoms with Crippen LogP contribution in [-0.4, -0.2) is 18.6 Å².